The molecule has 0 bridgehead atoms. The van der Waals surface area contributed by atoms with Crippen LogP contribution in [-0.4, -0.2) is 11.1 Å². The molecule has 1 N–H and O–H groups in total. The second-order valence-electron chi connectivity index (χ2n) is 3.97. The molecule has 104 valence electrons. The van der Waals surface area contributed by atoms with Crippen molar-refractivity contribution in [1.82, 2.24) is 0 Å². The smallest absolute Gasteiger partial charge is 0.338 e. The van der Waals surface area contributed by atoms with E-state index in [1.807, 2.05) is 0 Å². The van der Waals surface area contributed by atoms with E-state index in [2.05, 4.69) is 0 Å². The molecule has 0 saturated heterocycles. The summed E-state index contributed by atoms with van der Waals surface area (Å²) in [7, 11) is 0. The van der Waals surface area contributed by atoms with Crippen molar-refractivity contribution in [1.29, 1.82) is 0 Å². The summed E-state index contributed by atoms with van der Waals surface area (Å²) >= 11 is 1.10. The first-order valence-electron chi connectivity index (χ1n) is 5.57. The number of thioether (sulfide) groups is 1. The van der Waals surface area contributed by atoms with Crippen LogP contribution >= 0.6 is 11.8 Å². The predicted octanol–water partition coefficient (Wildman–Crippen LogP) is 4.09. The van der Waals surface area contributed by atoms with Crippen molar-refractivity contribution in [2.75, 3.05) is 0 Å². The monoisotopic (exact) mass is 298 g/mol. The number of carboxylic acids is 1. The van der Waals surface area contributed by atoms with Crippen LogP contribution in [0.3, 0.4) is 0 Å². The molecule has 2 rings (SSSR count). The van der Waals surface area contributed by atoms with Crippen LogP contribution in [-0.2, 0) is 5.75 Å². The van der Waals surface area contributed by atoms with Crippen molar-refractivity contribution >= 4 is 17.7 Å². The van der Waals surface area contributed by atoms with Gasteiger partial charge >= 0.3 is 5.97 Å². The zero-order chi connectivity index (χ0) is 14.7. The Hall–Kier alpha value is -1.95. The number of carbonyl (C=O) groups is 1. The van der Waals surface area contributed by atoms with Crippen molar-refractivity contribution in [2.24, 2.45) is 0 Å². The third-order valence-corrected chi connectivity index (χ3v) is 3.61. The lowest BCUT2D eigenvalue weighted by Gasteiger charge is -2.05. The molecule has 0 heterocycles. The summed E-state index contributed by atoms with van der Waals surface area (Å²) in [5.41, 5.74) is -0.286. The topological polar surface area (TPSA) is 37.3 Å². The quantitative estimate of drug-likeness (QED) is 0.864. The van der Waals surface area contributed by atoms with Crippen LogP contribution in [0.25, 0.3) is 0 Å². The van der Waals surface area contributed by atoms with Crippen LogP contribution in [0.2, 0.25) is 0 Å². The highest BCUT2D eigenvalue weighted by Gasteiger charge is 2.11. The van der Waals surface area contributed by atoms with Crippen molar-refractivity contribution in [3.05, 3.63) is 65.0 Å². The van der Waals surface area contributed by atoms with Gasteiger partial charge < -0.3 is 5.11 Å². The molecule has 0 aromatic heterocycles. The maximum Gasteiger partial charge on any atom is 0.338 e. The minimum Gasteiger partial charge on any atom is -0.478 e. The van der Waals surface area contributed by atoms with Crippen molar-refractivity contribution < 1.29 is 23.1 Å². The van der Waals surface area contributed by atoms with Gasteiger partial charge in [-0.25, -0.2) is 18.0 Å². The summed E-state index contributed by atoms with van der Waals surface area (Å²) in [6, 6.07) is 6.71. The standard InChI is InChI=1S/C14H9F3O2S/c15-9-1-3-12(16)8(5-9)7-20-10-2-4-13(17)11(6-10)14(18)19/h1-6H,7H2,(H,18,19). The zero-order valence-electron chi connectivity index (χ0n) is 10.1. The summed E-state index contributed by atoms with van der Waals surface area (Å²) in [4.78, 5) is 11.3. The molecule has 2 nitrogen and oxygen atoms in total. The van der Waals surface area contributed by atoms with E-state index in [0.717, 1.165) is 36.0 Å². The molecule has 0 saturated carbocycles. The van der Waals surface area contributed by atoms with Crippen molar-refractivity contribution in [2.45, 2.75) is 10.6 Å². The summed E-state index contributed by atoms with van der Waals surface area (Å²) < 4.78 is 39.6. The fourth-order valence-corrected chi connectivity index (χ4v) is 2.48. The average Bonchev–Trinajstić information content (AvgIpc) is 2.41. The van der Waals surface area contributed by atoms with Crippen LogP contribution < -0.4 is 0 Å². The predicted molar refractivity (Wildman–Crippen MR) is 69.3 cm³/mol. The van der Waals surface area contributed by atoms with Crippen LogP contribution in [0.1, 0.15) is 15.9 Å². The molecule has 0 spiro atoms. The molecule has 2 aromatic carbocycles. The molecular formula is C14H9F3O2S. The number of benzene rings is 2. The Morgan fingerprint density at radius 2 is 1.75 bits per heavy atom. The van der Waals surface area contributed by atoms with E-state index >= 15 is 0 Å². The first-order chi connectivity index (χ1) is 9.47. The lowest BCUT2D eigenvalue weighted by molar-refractivity contribution is 0.0691. The van der Waals surface area contributed by atoms with Crippen LogP contribution in [0.5, 0.6) is 0 Å². The molecule has 0 radical (unpaired) electrons. The van der Waals surface area contributed by atoms with Gasteiger partial charge in [-0.3, -0.25) is 0 Å². The van der Waals surface area contributed by atoms with Gasteiger partial charge in [0.15, 0.2) is 0 Å². The summed E-state index contributed by atoms with van der Waals surface area (Å²) in [5, 5.41) is 8.80. The number of halogens is 3. The Kier molecular flexibility index (Phi) is 4.34. The molecule has 0 fully saturated rings. The van der Waals surface area contributed by atoms with Gasteiger partial charge in [-0.2, -0.15) is 0 Å². The Morgan fingerprint density at radius 3 is 2.45 bits per heavy atom. The first kappa shape index (κ1) is 14.5. The van der Waals surface area contributed by atoms with Gasteiger partial charge in [0.05, 0.1) is 5.56 Å². The second-order valence-corrected chi connectivity index (χ2v) is 5.02. The van der Waals surface area contributed by atoms with Gasteiger partial charge in [0.25, 0.3) is 0 Å². The first-order valence-corrected chi connectivity index (χ1v) is 6.55. The minimum atomic E-state index is -1.37. The molecule has 0 aliphatic carbocycles. The molecule has 0 atom stereocenters. The maximum atomic E-state index is 13.4. The number of rotatable bonds is 4. The third-order valence-electron chi connectivity index (χ3n) is 2.57. The largest absolute Gasteiger partial charge is 0.478 e. The van der Waals surface area contributed by atoms with E-state index in [4.69, 9.17) is 5.11 Å². The van der Waals surface area contributed by atoms with Gasteiger partial charge in [-0.15, -0.1) is 11.8 Å². The fraction of sp³-hybridized carbons (Fsp3) is 0.0714. The number of carboxylic acid groups (broad SMARTS) is 1. The highest BCUT2D eigenvalue weighted by Crippen LogP contribution is 2.26. The normalized spacial score (nSPS) is 10.6. The molecule has 0 aliphatic heterocycles. The van der Waals surface area contributed by atoms with Crippen molar-refractivity contribution in [3.8, 4) is 0 Å². The van der Waals surface area contributed by atoms with Gasteiger partial charge in [-0.1, -0.05) is 0 Å². The molecule has 0 unspecified atom stereocenters. The Balaban J connectivity index is 2.17. The Morgan fingerprint density at radius 1 is 1.05 bits per heavy atom. The van der Waals surface area contributed by atoms with Gasteiger partial charge in [0.2, 0.25) is 0 Å². The second kappa shape index (κ2) is 6.00. The zero-order valence-corrected chi connectivity index (χ0v) is 10.9. The fourth-order valence-electron chi connectivity index (χ4n) is 1.57. The molecule has 0 amide bonds. The van der Waals surface area contributed by atoms with Crippen LogP contribution in [0.4, 0.5) is 13.2 Å². The van der Waals surface area contributed by atoms with Crippen LogP contribution in [0, 0.1) is 17.5 Å². The van der Waals surface area contributed by atoms with Gasteiger partial charge in [-0.05, 0) is 36.4 Å². The Labute approximate surface area is 117 Å². The highest BCUT2D eigenvalue weighted by molar-refractivity contribution is 7.98. The van der Waals surface area contributed by atoms with E-state index in [-0.39, 0.29) is 11.3 Å². The van der Waals surface area contributed by atoms with E-state index in [1.54, 1.807) is 0 Å². The molecule has 20 heavy (non-hydrogen) atoms. The van der Waals surface area contributed by atoms with E-state index in [0.29, 0.717) is 4.90 Å². The lowest BCUT2D eigenvalue weighted by atomic mass is 10.2. The van der Waals surface area contributed by atoms with Gasteiger partial charge in [0, 0.05) is 16.2 Å². The van der Waals surface area contributed by atoms with E-state index in [9.17, 15) is 18.0 Å². The lowest BCUT2D eigenvalue weighted by Crippen LogP contribution is -2.00. The highest BCUT2D eigenvalue weighted by atomic mass is 32.2. The number of hydrogen-bond acceptors (Lipinski definition) is 2. The SMILES string of the molecule is O=C(O)c1cc(SCc2cc(F)ccc2F)ccc1F. The summed E-state index contributed by atoms with van der Waals surface area (Å²) in [6.07, 6.45) is 0. The van der Waals surface area contributed by atoms with E-state index < -0.39 is 29.0 Å². The Bertz CT molecular complexity index is 659. The van der Waals surface area contributed by atoms with Crippen molar-refractivity contribution in [3.63, 3.8) is 0 Å². The van der Waals surface area contributed by atoms with Gasteiger partial charge in [0.1, 0.15) is 17.5 Å². The maximum absolute atomic E-state index is 13.4. The summed E-state index contributed by atoms with van der Waals surface area (Å²) in [5.74, 6) is -3.18. The number of hydrogen-bond donors (Lipinski definition) is 1. The molecule has 2 aromatic rings. The summed E-state index contributed by atoms with van der Waals surface area (Å²) in [6.45, 7) is 0. The van der Waals surface area contributed by atoms with E-state index in [1.165, 1.54) is 12.1 Å². The minimum absolute atomic E-state index is 0.119. The average molecular weight is 298 g/mol. The van der Waals surface area contributed by atoms with Crippen LogP contribution in [0.15, 0.2) is 41.3 Å². The molecule has 0 aliphatic rings. The number of aromatic carboxylic acids is 1. The third kappa shape index (κ3) is 3.33. The molecular weight excluding hydrogens is 289 g/mol. The molecule has 6 heteroatoms.